The number of H-pyrrole nitrogens is 1. The smallest absolute Gasteiger partial charge is 0.280 e. The van der Waals surface area contributed by atoms with Crippen LogP contribution < -0.4 is 11.0 Å². The molecule has 0 unspecified atom stereocenters. The number of aliphatic hydroxyl groups excluding tert-OH is 3. The van der Waals surface area contributed by atoms with Crippen LogP contribution in [-0.2, 0) is 4.74 Å². The summed E-state index contributed by atoms with van der Waals surface area (Å²) >= 11 is 0. The molecule has 0 spiro atoms. The lowest BCUT2D eigenvalue weighted by Gasteiger charge is -2.16. The van der Waals surface area contributed by atoms with Crippen molar-refractivity contribution in [2.45, 2.75) is 24.5 Å². The highest BCUT2D eigenvalue weighted by molar-refractivity contribution is 5.70. The summed E-state index contributed by atoms with van der Waals surface area (Å²) in [5.41, 5.74) is 1.14. The van der Waals surface area contributed by atoms with Crippen LogP contribution in [0.3, 0.4) is 0 Å². The lowest BCUT2D eigenvalue weighted by Crippen LogP contribution is -2.33. The number of hydrogen-bond donors (Lipinski definition) is 6. The van der Waals surface area contributed by atoms with Gasteiger partial charge >= 0.3 is 0 Å². The van der Waals surface area contributed by atoms with Crippen molar-refractivity contribution in [3.8, 4) is 0 Å². The Morgan fingerprint density at radius 3 is 2.81 bits per heavy atom. The molecule has 1 aliphatic rings. The van der Waals surface area contributed by atoms with E-state index >= 15 is 0 Å². The quantitative estimate of drug-likeness (QED) is 0.337. The van der Waals surface area contributed by atoms with Gasteiger partial charge in [-0.05, 0) is 0 Å². The molecule has 0 saturated carbocycles. The fourth-order valence-electron chi connectivity index (χ4n) is 2.28. The zero-order chi connectivity index (χ0) is 15.1. The third-order valence-corrected chi connectivity index (χ3v) is 3.33. The lowest BCUT2D eigenvalue weighted by atomic mass is 10.1. The third kappa shape index (κ3) is 2.07. The topological polar surface area (TPSA) is 166 Å². The van der Waals surface area contributed by atoms with Gasteiger partial charge in [0.25, 0.3) is 5.56 Å². The van der Waals surface area contributed by atoms with Gasteiger partial charge in [-0.2, -0.15) is 4.98 Å². The molecule has 0 aromatic carbocycles. The van der Waals surface area contributed by atoms with E-state index in [2.05, 4.69) is 15.0 Å². The SMILES string of the molecule is O=c1[nH]c(NO)nc2c1ncn2[C@@H]1O[C@H](CO)[C@@H](O)[C@H]1O. The summed E-state index contributed by atoms with van der Waals surface area (Å²) in [6.45, 7) is -0.473. The molecule has 2 aromatic heterocycles. The number of nitrogens with zero attached hydrogens (tertiary/aromatic N) is 3. The Balaban J connectivity index is 2.09. The number of aliphatic hydroxyl groups is 3. The Labute approximate surface area is 116 Å². The Kier molecular flexibility index (Phi) is 3.35. The van der Waals surface area contributed by atoms with Crippen LogP contribution in [0.1, 0.15) is 6.23 Å². The van der Waals surface area contributed by atoms with E-state index in [-0.39, 0.29) is 17.1 Å². The second-order valence-electron chi connectivity index (χ2n) is 4.58. The van der Waals surface area contributed by atoms with Crippen LogP contribution in [0.25, 0.3) is 11.2 Å². The van der Waals surface area contributed by atoms with Crippen LogP contribution in [0.5, 0.6) is 0 Å². The van der Waals surface area contributed by atoms with Gasteiger partial charge in [-0.3, -0.25) is 19.6 Å². The van der Waals surface area contributed by atoms with E-state index in [0.29, 0.717) is 0 Å². The van der Waals surface area contributed by atoms with Gasteiger partial charge in [0.1, 0.15) is 18.3 Å². The van der Waals surface area contributed by atoms with Crippen molar-refractivity contribution in [2.75, 3.05) is 12.1 Å². The minimum absolute atomic E-state index is 0.0215. The number of anilines is 1. The van der Waals surface area contributed by atoms with E-state index < -0.39 is 36.7 Å². The summed E-state index contributed by atoms with van der Waals surface area (Å²) in [7, 11) is 0. The van der Waals surface area contributed by atoms with Gasteiger partial charge in [-0.25, -0.2) is 10.5 Å². The predicted octanol–water partition coefficient (Wildman–Crippen LogP) is -2.47. The third-order valence-electron chi connectivity index (χ3n) is 3.33. The Hall–Kier alpha value is -2.05. The Bertz CT molecular complexity index is 714. The van der Waals surface area contributed by atoms with Crippen LogP contribution in [-0.4, -0.2) is 65.0 Å². The molecule has 3 heterocycles. The molecule has 4 atom stereocenters. The van der Waals surface area contributed by atoms with E-state index in [1.807, 2.05) is 0 Å². The maximum atomic E-state index is 11.7. The average molecular weight is 299 g/mol. The molecule has 114 valence electrons. The predicted molar refractivity (Wildman–Crippen MR) is 66.6 cm³/mol. The molecular weight excluding hydrogens is 286 g/mol. The molecule has 1 fully saturated rings. The summed E-state index contributed by atoms with van der Waals surface area (Å²) < 4.78 is 6.58. The average Bonchev–Trinajstić information content (AvgIpc) is 3.02. The molecule has 11 nitrogen and oxygen atoms in total. The fourth-order valence-corrected chi connectivity index (χ4v) is 2.28. The van der Waals surface area contributed by atoms with Gasteiger partial charge < -0.3 is 20.1 Å². The molecule has 1 aliphatic heterocycles. The fraction of sp³-hybridized carbons (Fsp3) is 0.500. The van der Waals surface area contributed by atoms with Crippen molar-refractivity contribution >= 4 is 17.1 Å². The molecule has 0 bridgehead atoms. The second kappa shape index (κ2) is 5.05. The summed E-state index contributed by atoms with van der Waals surface area (Å²) in [4.78, 5) is 21.8. The molecule has 1 saturated heterocycles. The zero-order valence-electron chi connectivity index (χ0n) is 10.5. The van der Waals surface area contributed by atoms with Crippen LogP contribution in [0, 0.1) is 0 Å². The highest BCUT2D eigenvalue weighted by Gasteiger charge is 2.44. The minimum atomic E-state index is -1.33. The number of aromatic nitrogens is 4. The number of nitrogens with one attached hydrogen (secondary N) is 2. The van der Waals surface area contributed by atoms with Gasteiger partial charge in [-0.1, -0.05) is 0 Å². The standard InChI is InChI=1S/C10H13N5O6/c16-1-3-5(17)6(18)9(21-3)15-2-11-4-7(15)12-10(14-20)13-8(4)19/h2-3,5-6,9,16-18,20H,1H2,(H2,12,13,14,19)/t3-,5-,6-,9-/m1/s1. The summed E-state index contributed by atoms with van der Waals surface area (Å²) in [6, 6.07) is 0. The number of ether oxygens (including phenoxy) is 1. The minimum Gasteiger partial charge on any atom is -0.394 e. The van der Waals surface area contributed by atoms with Gasteiger partial charge in [0, 0.05) is 0 Å². The van der Waals surface area contributed by atoms with Crippen molar-refractivity contribution < 1.29 is 25.3 Å². The largest absolute Gasteiger partial charge is 0.394 e. The first kappa shape index (κ1) is 13.9. The van der Waals surface area contributed by atoms with Gasteiger partial charge in [0.2, 0.25) is 5.95 Å². The summed E-state index contributed by atoms with van der Waals surface area (Å²) in [6.07, 6.45) is -3.42. The molecule has 0 aliphatic carbocycles. The van der Waals surface area contributed by atoms with E-state index in [4.69, 9.17) is 15.1 Å². The van der Waals surface area contributed by atoms with Crippen molar-refractivity contribution in [3.05, 3.63) is 16.7 Å². The summed E-state index contributed by atoms with van der Waals surface area (Å²) in [5, 5.41) is 37.6. The molecule has 2 aromatic rings. The van der Waals surface area contributed by atoms with Crippen LogP contribution in [0.2, 0.25) is 0 Å². The van der Waals surface area contributed by atoms with Crippen molar-refractivity contribution in [2.24, 2.45) is 0 Å². The van der Waals surface area contributed by atoms with Crippen LogP contribution >= 0.6 is 0 Å². The molecule has 3 rings (SSSR count). The number of hydrogen-bond acceptors (Lipinski definition) is 9. The number of fused-ring (bicyclic) bond motifs is 1. The Morgan fingerprint density at radius 1 is 1.43 bits per heavy atom. The zero-order valence-corrected chi connectivity index (χ0v) is 10.5. The first-order valence-corrected chi connectivity index (χ1v) is 6.06. The van der Waals surface area contributed by atoms with E-state index in [1.54, 1.807) is 5.48 Å². The van der Waals surface area contributed by atoms with Crippen molar-refractivity contribution in [1.29, 1.82) is 0 Å². The molecule has 6 N–H and O–H groups in total. The number of imidazole rings is 1. The lowest BCUT2D eigenvalue weighted by molar-refractivity contribution is -0.0511. The van der Waals surface area contributed by atoms with E-state index in [9.17, 15) is 15.0 Å². The van der Waals surface area contributed by atoms with E-state index in [1.165, 1.54) is 10.9 Å². The first-order valence-electron chi connectivity index (χ1n) is 6.06. The molecule has 0 radical (unpaired) electrons. The molecular formula is C10H13N5O6. The van der Waals surface area contributed by atoms with Gasteiger partial charge in [0.05, 0.1) is 12.9 Å². The highest BCUT2D eigenvalue weighted by atomic mass is 16.6. The molecule has 21 heavy (non-hydrogen) atoms. The van der Waals surface area contributed by atoms with Gasteiger partial charge in [-0.15, -0.1) is 0 Å². The first-order chi connectivity index (χ1) is 10.1. The maximum Gasteiger partial charge on any atom is 0.280 e. The van der Waals surface area contributed by atoms with Gasteiger partial charge in [0.15, 0.2) is 17.4 Å². The van der Waals surface area contributed by atoms with Crippen LogP contribution in [0.4, 0.5) is 5.95 Å². The number of aromatic amines is 1. The molecule has 0 amide bonds. The summed E-state index contributed by atoms with van der Waals surface area (Å²) in [5.74, 6) is -0.207. The monoisotopic (exact) mass is 299 g/mol. The normalized spacial score (nSPS) is 29.1. The van der Waals surface area contributed by atoms with Crippen LogP contribution in [0.15, 0.2) is 11.1 Å². The number of rotatable bonds is 3. The highest BCUT2D eigenvalue weighted by Crippen LogP contribution is 2.30. The Morgan fingerprint density at radius 2 is 2.19 bits per heavy atom. The second-order valence-corrected chi connectivity index (χ2v) is 4.58. The molecule has 11 heteroatoms. The van der Waals surface area contributed by atoms with Crippen molar-refractivity contribution in [1.82, 2.24) is 19.5 Å². The van der Waals surface area contributed by atoms with E-state index in [0.717, 1.165) is 0 Å². The van der Waals surface area contributed by atoms with Crippen molar-refractivity contribution in [3.63, 3.8) is 0 Å². The maximum absolute atomic E-state index is 11.7.